The molecule has 1 saturated heterocycles. The first-order valence-electron chi connectivity index (χ1n) is 18.3. The van der Waals surface area contributed by atoms with Gasteiger partial charge in [0.25, 0.3) is 5.91 Å². The molecule has 2 heterocycles. The van der Waals surface area contributed by atoms with Crippen molar-refractivity contribution in [3.05, 3.63) is 161 Å². The summed E-state index contributed by atoms with van der Waals surface area (Å²) in [6.07, 6.45) is 2.32. The van der Waals surface area contributed by atoms with Gasteiger partial charge in [0.1, 0.15) is 23.9 Å². The molecule has 1 aliphatic heterocycles. The maximum atomic E-state index is 13.9. The van der Waals surface area contributed by atoms with Crippen molar-refractivity contribution >= 4 is 29.1 Å². The number of hydrogen-bond donors (Lipinski definition) is 0. The third kappa shape index (κ3) is 10.2. The van der Waals surface area contributed by atoms with Gasteiger partial charge in [-0.25, -0.2) is 13.8 Å². The number of aromatic nitrogens is 1. The summed E-state index contributed by atoms with van der Waals surface area (Å²) in [6.45, 7) is 8.74. The number of ether oxygens (including phenoxy) is 3. The standard InChI is InChI=1S/C45H43F2N3O4.ClH/c1-31(2)34-12-15-39(16-13-34)52-25-20-32-6-8-33(9-7-32)29-49-21-23-50(24-22-49)45(51)37-11-10-36-27-40(17-14-35(36)26-37)54-43-19-18-41(28-48-43)53-30-38-4-3-5-42(46)44(38)47;/h3-19,26-28,31H,20-25,29-30H2,1-2H3;1H. The summed E-state index contributed by atoms with van der Waals surface area (Å²) < 4.78 is 44.8. The molecule has 0 unspecified atom stereocenters. The number of halogens is 3. The second-order valence-electron chi connectivity index (χ2n) is 13.9. The van der Waals surface area contributed by atoms with Gasteiger partial charge in [-0.2, -0.15) is 0 Å². The van der Waals surface area contributed by atoms with E-state index in [0.29, 0.717) is 48.6 Å². The minimum Gasteiger partial charge on any atom is -0.493 e. The summed E-state index contributed by atoms with van der Waals surface area (Å²) in [5.41, 5.74) is 4.61. The van der Waals surface area contributed by atoms with Crippen molar-refractivity contribution in [3.8, 4) is 23.1 Å². The molecule has 7 nitrogen and oxygen atoms in total. The molecule has 0 spiro atoms. The third-order valence-electron chi connectivity index (χ3n) is 9.71. The first-order chi connectivity index (χ1) is 26.3. The molecule has 0 aliphatic carbocycles. The average molecular weight is 764 g/mol. The van der Waals surface area contributed by atoms with E-state index in [0.717, 1.165) is 48.6 Å². The Kier molecular flexibility index (Phi) is 13.0. The fourth-order valence-corrected chi connectivity index (χ4v) is 6.47. The highest BCUT2D eigenvalue weighted by atomic mass is 35.5. The molecular formula is C45H44ClF2N3O4. The second kappa shape index (κ2) is 18.2. The molecule has 5 aromatic carbocycles. The van der Waals surface area contributed by atoms with Crippen LogP contribution in [-0.2, 0) is 19.6 Å². The van der Waals surface area contributed by atoms with Gasteiger partial charge in [0.2, 0.25) is 5.88 Å². The van der Waals surface area contributed by atoms with Crippen molar-refractivity contribution < 1.29 is 27.8 Å². The van der Waals surface area contributed by atoms with Gasteiger partial charge >= 0.3 is 0 Å². The SMILES string of the molecule is CC(C)c1ccc(OCCc2ccc(CN3CCN(C(=O)c4ccc5cc(Oc6ccc(OCc7cccc(F)c7F)cn6)ccc5c4)CC3)cc2)cc1.Cl. The van der Waals surface area contributed by atoms with Gasteiger partial charge in [-0.3, -0.25) is 9.69 Å². The molecule has 1 fully saturated rings. The van der Waals surface area contributed by atoms with E-state index >= 15 is 0 Å². The number of benzene rings is 5. The molecule has 0 radical (unpaired) electrons. The van der Waals surface area contributed by atoms with Crippen LogP contribution in [0.25, 0.3) is 10.8 Å². The maximum absolute atomic E-state index is 13.9. The highest BCUT2D eigenvalue weighted by Gasteiger charge is 2.22. The lowest BCUT2D eigenvalue weighted by molar-refractivity contribution is 0.0628. The van der Waals surface area contributed by atoms with Crippen LogP contribution in [0.2, 0.25) is 0 Å². The van der Waals surface area contributed by atoms with Crippen LogP contribution in [0.4, 0.5) is 8.78 Å². The van der Waals surface area contributed by atoms with Gasteiger partial charge in [0.05, 0.1) is 12.8 Å². The van der Waals surface area contributed by atoms with Crippen LogP contribution in [0.5, 0.6) is 23.1 Å². The predicted molar refractivity (Wildman–Crippen MR) is 214 cm³/mol. The molecule has 0 saturated carbocycles. The zero-order chi connectivity index (χ0) is 37.4. The molecule has 7 rings (SSSR count). The largest absolute Gasteiger partial charge is 0.493 e. The number of fused-ring (bicyclic) bond motifs is 1. The van der Waals surface area contributed by atoms with Gasteiger partial charge < -0.3 is 19.1 Å². The quantitative estimate of drug-likeness (QED) is 0.117. The number of carbonyl (C=O) groups is 1. The monoisotopic (exact) mass is 763 g/mol. The van der Waals surface area contributed by atoms with Gasteiger partial charge in [-0.05, 0) is 81.9 Å². The Labute approximate surface area is 326 Å². The van der Waals surface area contributed by atoms with E-state index in [1.807, 2.05) is 53.4 Å². The molecule has 0 atom stereocenters. The number of nitrogens with zero attached hydrogens (tertiary/aromatic N) is 3. The fraction of sp³-hybridized carbons (Fsp3) is 0.244. The molecule has 0 N–H and O–H groups in total. The number of pyridine rings is 1. The summed E-state index contributed by atoms with van der Waals surface area (Å²) in [5.74, 6) is 0.952. The van der Waals surface area contributed by atoms with Gasteiger partial charge in [-0.15, -0.1) is 12.4 Å². The normalized spacial score (nSPS) is 13.1. The fourth-order valence-electron chi connectivity index (χ4n) is 6.47. The molecule has 10 heteroatoms. The summed E-state index contributed by atoms with van der Waals surface area (Å²) in [4.78, 5) is 22.1. The second-order valence-corrected chi connectivity index (χ2v) is 13.9. The van der Waals surface area contributed by atoms with Crippen molar-refractivity contribution in [1.29, 1.82) is 0 Å². The van der Waals surface area contributed by atoms with E-state index in [1.54, 1.807) is 12.1 Å². The number of rotatable bonds is 13. The molecule has 284 valence electrons. The van der Waals surface area contributed by atoms with E-state index < -0.39 is 11.6 Å². The topological polar surface area (TPSA) is 64.1 Å². The van der Waals surface area contributed by atoms with Crippen molar-refractivity contribution in [2.75, 3.05) is 32.8 Å². The molecule has 6 aromatic rings. The van der Waals surface area contributed by atoms with Crippen LogP contribution in [0.15, 0.2) is 121 Å². The smallest absolute Gasteiger partial charge is 0.253 e. The summed E-state index contributed by atoms with van der Waals surface area (Å²) in [7, 11) is 0. The van der Waals surface area contributed by atoms with Gasteiger partial charge in [0.15, 0.2) is 11.6 Å². The first-order valence-corrected chi connectivity index (χ1v) is 18.3. The van der Waals surface area contributed by atoms with Crippen LogP contribution < -0.4 is 14.2 Å². The minimum absolute atomic E-state index is 0. The molecule has 1 amide bonds. The van der Waals surface area contributed by atoms with Gasteiger partial charge in [0, 0.05) is 56.3 Å². The van der Waals surface area contributed by atoms with E-state index in [9.17, 15) is 13.6 Å². The van der Waals surface area contributed by atoms with Crippen LogP contribution in [0.3, 0.4) is 0 Å². The highest BCUT2D eigenvalue weighted by Crippen LogP contribution is 2.27. The van der Waals surface area contributed by atoms with E-state index in [2.05, 4.69) is 60.1 Å². The Balaban J connectivity index is 0.00000514. The van der Waals surface area contributed by atoms with Crippen molar-refractivity contribution in [1.82, 2.24) is 14.8 Å². The maximum Gasteiger partial charge on any atom is 0.253 e. The highest BCUT2D eigenvalue weighted by molar-refractivity contribution is 5.99. The summed E-state index contributed by atoms with van der Waals surface area (Å²) >= 11 is 0. The molecular weight excluding hydrogens is 720 g/mol. The van der Waals surface area contributed by atoms with Crippen LogP contribution in [-0.4, -0.2) is 53.5 Å². The molecule has 1 aliphatic rings. The van der Waals surface area contributed by atoms with Crippen LogP contribution in [0.1, 0.15) is 52.4 Å². The van der Waals surface area contributed by atoms with Crippen LogP contribution >= 0.6 is 12.4 Å². The van der Waals surface area contributed by atoms with Crippen molar-refractivity contribution in [3.63, 3.8) is 0 Å². The predicted octanol–water partition coefficient (Wildman–Crippen LogP) is 10.0. The van der Waals surface area contributed by atoms with E-state index in [-0.39, 0.29) is 30.5 Å². The Bertz CT molecular complexity index is 2190. The molecule has 0 bridgehead atoms. The summed E-state index contributed by atoms with van der Waals surface area (Å²) in [6, 6.07) is 35.8. The van der Waals surface area contributed by atoms with E-state index in [1.165, 1.54) is 35.0 Å². The Hall–Kier alpha value is -5.51. The third-order valence-corrected chi connectivity index (χ3v) is 9.71. The number of piperazine rings is 1. The number of carbonyl (C=O) groups excluding carboxylic acids is 1. The summed E-state index contributed by atoms with van der Waals surface area (Å²) in [5, 5.41) is 1.87. The lowest BCUT2D eigenvalue weighted by Crippen LogP contribution is -2.48. The lowest BCUT2D eigenvalue weighted by atomic mass is 10.0. The number of hydrogen-bond acceptors (Lipinski definition) is 6. The van der Waals surface area contributed by atoms with Crippen molar-refractivity contribution in [2.45, 2.75) is 39.3 Å². The Morgan fingerprint density at radius 3 is 2.16 bits per heavy atom. The van der Waals surface area contributed by atoms with Gasteiger partial charge in [-0.1, -0.05) is 74.5 Å². The Morgan fingerprint density at radius 2 is 1.44 bits per heavy atom. The minimum atomic E-state index is -0.924. The lowest BCUT2D eigenvalue weighted by Gasteiger charge is -2.35. The van der Waals surface area contributed by atoms with E-state index in [4.69, 9.17) is 14.2 Å². The number of amides is 1. The average Bonchev–Trinajstić information content (AvgIpc) is 3.20. The molecule has 1 aromatic heterocycles. The Morgan fingerprint density at radius 1 is 0.745 bits per heavy atom. The van der Waals surface area contributed by atoms with Crippen molar-refractivity contribution in [2.24, 2.45) is 0 Å². The van der Waals surface area contributed by atoms with Crippen LogP contribution in [0, 0.1) is 11.6 Å². The zero-order valence-electron chi connectivity index (χ0n) is 30.9. The zero-order valence-corrected chi connectivity index (χ0v) is 31.7. The molecule has 55 heavy (non-hydrogen) atoms. The first kappa shape index (κ1) is 39.2.